The van der Waals surface area contributed by atoms with E-state index in [1.54, 1.807) is 0 Å². The first kappa shape index (κ1) is 6.69. The lowest BCUT2D eigenvalue weighted by molar-refractivity contribution is 1.79. The van der Waals surface area contributed by atoms with Gasteiger partial charge in [-0.3, -0.25) is 0 Å². The van der Waals surface area contributed by atoms with Crippen molar-refractivity contribution in [1.29, 1.82) is 0 Å². The fourth-order valence-corrected chi connectivity index (χ4v) is 0.245. The molecule has 0 heterocycles. The van der Waals surface area contributed by atoms with E-state index in [1.165, 1.54) is 0 Å². The minimum atomic E-state index is 0.565. The Labute approximate surface area is 50.2 Å². The fraction of sp³-hybridized carbons (Fsp3) is 0. The highest BCUT2D eigenvalue weighted by Crippen LogP contribution is 1.83. The fourth-order valence-electron chi connectivity index (χ4n) is 0.245. The standard InChI is InChI=1S/C8H6/c1-4-6-8(3)7-5-2/h1-3H2. The van der Waals surface area contributed by atoms with Gasteiger partial charge >= 0.3 is 0 Å². The van der Waals surface area contributed by atoms with E-state index in [0.29, 0.717) is 5.57 Å². The van der Waals surface area contributed by atoms with E-state index in [-0.39, 0.29) is 0 Å². The summed E-state index contributed by atoms with van der Waals surface area (Å²) in [5.41, 5.74) is 2.99. The summed E-state index contributed by atoms with van der Waals surface area (Å²) >= 11 is 0. The van der Waals surface area contributed by atoms with Crippen LogP contribution in [0.25, 0.3) is 0 Å². The van der Waals surface area contributed by atoms with Gasteiger partial charge in [-0.1, -0.05) is 6.08 Å². The van der Waals surface area contributed by atoms with Gasteiger partial charge in [0, 0.05) is 5.57 Å². The molecule has 0 aromatic heterocycles. The highest BCUT2D eigenvalue weighted by atomic mass is 13.7. The highest BCUT2D eigenvalue weighted by Gasteiger charge is 1.76. The summed E-state index contributed by atoms with van der Waals surface area (Å²) in [6.45, 7) is 10.1. The minimum absolute atomic E-state index is 0.565. The molecule has 0 N–H and O–H groups in total. The molecule has 0 spiro atoms. The largest absolute Gasteiger partial charge is 0.226 e. The van der Waals surface area contributed by atoms with Crippen molar-refractivity contribution in [2.24, 2.45) is 0 Å². The van der Waals surface area contributed by atoms with Crippen LogP contribution in [0.4, 0.5) is 0 Å². The Morgan fingerprint density at radius 2 is 2.25 bits per heavy atom. The van der Waals surface area contributed by atoms with E-state index in [0.717, 1.165) is 0 Å². The van der Waals surface area contributed by atoms with Gasteiger partial charge in [0.25, 0.3) is 0 Å². The molecule has 0 radical (unpaired) electrons. The Morgan fingerprint density at radius 1 is 1.62 bits per heavy atom. The van der Waals surface area contributed by atoms with Crippen LogP contribution in [0.5, 0.6) is 0 Å². The van der Waals surface area contributed by atoms with Gasteiger partial charge in [0.2, 0.25) is 0 Å². The van der Waals surface area contributed by atoms with Gasteiger partial charge in [0.05, 0.1) is 6.92 Å². The van der Waals surface area contributed by atoms with Crippen LogP contribution < -0.4 is 0 Å². The highest BCUT2D eigenvalue weighted by molar-refractivity contribution is 5.31. The average Bonchev–Trinajstić information content (AvgIpc) is 1.68. The predicted molar refractivity (Wildman–Crippen MR) is 34.7 cm³/mol. The summed E-state index contributed by atoms with van der Waals surface area (Å²) in [5.74, 6) is 5.00. The molecule has 38 valence electrons. The van der Waals surface area contributed by atoms with Gasteiger partial charge in [-0.15, -0.1) is 13.2 Å². The summed E-state index contributed by atoms with van der Waals surface area (Å²) in [6.07, 6.45) is 2.58. The molecule has 0 aliphatic carbocycles. The van der Waals surface area contributed by atoms with Crippen molar-refractivity contribution < 1.29 is 0 Å². The van der Waals surface area contributed by atoms with Gasteiger partial charge in [-0.2, -0.15) is 0 Å². The van der Waals surface area contributed by atoms with Crippen molar-refractivity contribution in [3.63, 3.8) is 0 Å². The molecule has 0 aliphatic heterocycles. The zero-order chi connectivity index (χ0) is 6.41. The van der Waals surface area contributed by atoms with E-state index in [4.69, 9.17) is 0 Å². The Bertz CT molecular complexity index is 180. The smallest absolute Gasteiger partial charge is 0.140 e. The maximum atomic E-state index is 3.51. The molecule has 0 atom stereocenters. The Hall–Kier alpha value is -1.31. The Balaban J connectivity index is 3.98. The molecule has 0 aliphatic rings. The van der Waals surface area contributed by atoms with E-state index >= 15 is 0 Å². The van der Waals surface area contributed by atoms with Gasteiger partial charge in [0.15, 0.2) is 0 Å². The molecular formula is C8H6. The van der Waals surface area contributed by atoms with E-state index in [2.05, 4.69) is 43.7 Å². The molecule has 0 saturated heterocycles. The van der Waals surface area contributed by atoms with Crippen LogP contribution in [0.1, 0.15) is 0 Å². The van der Waals surface area contributed by atoms with Crippen LogP contribution in [-0.4, -0.2) is 0 Å². The topological polar surface area (TPSA) is 0 Å². The second-order valence-corrected chi connectivity index (χ2v) is 1.08. The number of rotatable bonds is 1. The van der Waals surface area contributed by atoms with Crippen molar-refractivity contribution in [3.05, 3.63) is 37.5 Å². The lowest BCUT2D eigenvalue weighted by Gasteiger charge is -1.71. The molecule has 0 amide bonds. The van der Waals surface area contributed by atoms with Gasteiger partial charge in [-0.25, -0.2) is 5.73 Å². The van der Waals surface area contributed by atoms with Crippen LogP contribution in [0.15, 0.2) is 24.5 Å². The Morgan fingerprint density at radius 3 is 2.62 bits per heavy atom. The summed E-state index contributed by atoms with van der Waals surface area (Å²) in [5, 5.41) is 0. The third-order valence-electron chi connectivity index (χ3n) is 0.479. The zero-order valence-electron chi connectivity index (χ0n) is 4.62. The molecule has 0 saturated carbocycles. The first-order valence-corrected chi connectivity index (χ1v) is 2.06. The normalized spacial score (nSPS) is 5.50. The van der Waals surface area contributed by atoms with Crippen LogP contribution in [0.3, 0.4) is 0 Å². The van der Waals surface area contributed by atoms with Crippen molar-refractivity contribution in [1.82, 2.24) is 0 Å². The van der Waals surface area contributed by atoms with Crippen molar-refractivity contribution in [3.8, 4) is 11.8 Å². The molecule has 0 aromatic rings. The van der Waals surface area contributed by atoms with E-state index in [9.17, 15) is 0 Å². The second-order valence-electron chi connectivity index (χ2n) is 1.08. The van der Waals surface area contributed by atoms with Gasteiger partial charge < -0.3 is 0 Å². The lowest BCUT2D eigenvalue weighted by atomic mass is 10.3. The molecule has 8 heavy (non-hydrogen) atoms. The van der Waals surface area contributed by atoms with Crippen LogP contribution in [-0.2, 0) is 0 Å². The number of hydrogen-bond donors (Lipinski definition) is 0. The molecule has 0 unspecified atom stereocenters. The quantitative estimate of drug-likeness (QED) is 0.204. The minimum Gasteiger partial charge on any atom is -0.226 e. The van der Waals surface area contributed by atoms with Gasteiger partial charge in [-0.05, 0) is 0 Å². The molecule has 0 rings (SSSR count). The van der Waals surface area contributed by atoms with Gasteiger partial charge in [0.1, 0.15) is 11.8 Å². The maximum absolute atomic E-state index is 3.51. The molecular weight excluding hydrogens is 96.1 g/mol. The second kappa shape index (κ2) is 3.87. The van der Waals surface area contributed by atoms with E-state index in [1.807, 2.05) is 0 Å². The zero-order valence-corrected chi connectivity index (χ0v) is 4.62. The summed E-state index contributed by atoms with van der Waals surface area (Å²) in [6, 6.07) is 0. The monoisotopic (exact) mass is 102 g/mol. The summed E-state index contributed by atoms with van der Waals surface area (Å²) < 4.78 is 0. The van der Waals surface area contributed by atoms with Crippen molar-refractivity contribution in [2.75, 3.05) is 0 Å². The van der Waals surface area contributed by atoms with E-state index < -0.39 is 0 Å². The summed E-state index contributed by atoms with van der Waals surface area (Å²) in [4.78, 5) is 0. The third-order valence-corrected chi connectivity index (χ3v) is 0.479. The molecule has 0 fully saturated rings. The number of allylic oxidation sites excluding steroid dienone is 2. The first-order chi connectivity index (χ1) is 3.81. The number of hydrogen-bond acceptors (Lipinski definition) is 0. The third kappa shape index (κ3) is 2.90. The van der Waals surface area contributed by atoms with Crippen LogP contribution in [0, 0.1) is 24.8 Å². The SMILES string of the molecule is C=C=[C-]C(=C)C#C[CH2+]. The first-order valence-electron chi connectivity index (χ1n) is 2.06. The van der Waals surface area contributed by atoms with Crippen molar-refractivity contribution >= 4 is 0 Å². The predicted octanol–water partition coefficient (Wildman–Crippen LogP) is 1.52. The molecule has 0 aromatic carbocycles. The van der Waals surface area contributed by atoms with Crippen LogP contribution in [0.2, 0.25) is 0 Å². The molecule has 0 bridgehead atoms. The lowest BCUT2D eigenvalue weighted by Crippen LogP contribution is -1.62. The Kier molecular flexibility index (Phi) is 3.23. The molecule has 0 heteroatoms. The van der Waals surface area contributed by atoms with Crippen molar-refractivity contribution in [2.45, 2.75) is 0 Å². The average molecular weight is 102 g/mol. The summed E-state index contributed by atoms with van der Waals surface area (Å²) in [7, 11) is 0. The molecule has 0 nitrogen and oxygen atoms in total. The van der Waals surface area contributed by atoms with Crippen LogP contribution >= 0.6 is 0 Å². The maximum Gasteiger partial charge on any atom is 0.140 e.